The quantitative estimate of drug-likeness (QED) is 0.912. The fraction of sp³-hybridized carbons (Fsp3) is 0.647. The number of hydrogen-bond donors (Lipinski definition) is 1. The van der Waals surface area contributed by atoms with Crippen molar-refractivity contribution in [3.63, 3.8) is 0 Å². The third-order valence-electron chi connectivity index (χ3n) is 4.76. The van der Waals surface area contributed by atoms with Crippen LogP contribution in [0.4, 0.5) is 5.69 Å². The molecule has 1 aromatic rings. The van der Waals surface area contributed by atoms with Crippen LogP contribution in [0.25, 0.3) is 0 Å². The Bertz CT molecular complexity index is 397. The smallest absolute Gasteiger partial charge is 0.0373 e. The third-order valence-corrected chi connectivity index (χ3v) is 4.76. The Morgan fingerprint density at radius 3 is 2.75 bits per heavy atom. The second kappa shape index (κ2) is 6.59. The lowest BCUT2D eigenvalue weighted by atomic mass is 10.0. The highest BCUT2D eigenvalue weighted by Gasteiger charge is 2.25. The molecule has 2 aliphatic heterocycles. The largest absolute Gasteiger partial charge is 0.383 e. The molecular formula is C17H27N3. The van der Waals surface area contributed by atoms with E-state index in [0.717, 1.165) is 6.54 Å². The maximum absolute atomic E-state index is 3.65. The molecule has 0 bridgehead atoms. The molecule has 1 aromatic carbocycles. The van der Waals surface area contributed by atoms with Crippen molar-refractivity contribution in [1.82, 2.24) is 9.80 Å². The fourth-order valence-corrected chi connectivity index (χ4v) is 3.54. The molecule has 1 N–H and O–H groups in total. The first-order valence-corrected chi connectivity index (χ1v) is 8.15. The number of fused-ring (bicyclic) bond motifs is 1. The standard InChI is InChI=1S/C17H27N3/c1-2-9-19-10-12-20(13-11-19)16-8-7-15-5-3-4-6-17(15)18-14-16/h3-6,16,18H,2,7-14H2,1H3. The minimum Gasteiger partial charge on any atom is -0.383 e. The molecule has 2 heterocycles. The Hall–Kier alpha value is -1.06. The second-order valence-electron chi connectivity index (χ2n) is 6.11. The molecule has 2 aliphatic rings. The summed E-state index contributed by atoms with van der Waals surface area (Å²) in [5.74, 6) is 0. The molecule has 0 saturated carbocycles. The van der Waals surface area contributed by atoms with Gasteiger partial charge < -0.3 is 10.2 Å². The van der Waals surface area contributed by atoms with E-state index < -0.39 is 0 Å². The van der Waals surface area contributed by atoms with Gasteiger partial charge in [-0.15, -0.1) is 0 Å². The first kappa shape index (κ1) is 13.9. The number of aryl methyl sites for hydroxylation is 1. The zero-order valence-electron chi connectivity index (χ0n) is 12.6. The number of nitrogens with zero attached hydrogens (tertiary/aromatic N) is 2. The molecular weight excluding hydrogens is 246 g/mol. The van der Waals surface area contributed by atoms with Gasteiger partial charge in [0.2, 0.25) is 0 Å². The minimum atomic E-state index is 0.700. The van der Waals surface area contributed by atoms with Crippen LogP contribution in [0.15, 0.2) is 24.3 Å². The van der Waals surface area contributed by atoms with Crippen molar-refractivity contribution in [2.45, 2.75) is 32.2 Å². The number of para-hydroxylation sites is 1. The SMILES string of the molecule is CCCN1CCN(C2CCc3ccccc3NC2)CC1. The number of anilines is 1. The normalized spacial score (nSPS) is 24.8. The van der Waals surface area contributed by atoms with Gasteiger partial charge in [0.05, 0.1) is 0 Å². The van der Waals surface area contributed by atoms with Gasteiger partial charge in [-0.2, -0.15) is 0 Å². The zero-order chi connectivity index (χ0) is 13.8. The summed E-state index contributed by atoms with van der Waals surface area (Å²) < 4.78 is 0. The number of hydrogen-bond acceptors (Lipinski definition) is 3. The molecule has 1 fully saturated rings. The molecule has 3 heteroatoms. The fourth-order valence-electron chi connectivity index (χ4n) is 3.54. The van der Waals surface area contributed by atoms with E-state index in [9.17, 15) is 0 Å². The van der Waals surface area contributed by atoms with Gasteiger partial charge in [-0.05, 0) is 37.4 Å². The Morgan fingerprint density at radius 1 is 1.15 bits per heavy atom. The molecule has 1 saturated heterocycles. The van der Waals surface area contributed by atoms with Gasteiger partial charge in [-0.3, -0.25) is 4.90 Å². The predicted octanol–water partition coefficient (Wildman–Crippen LogP) is 2.44. The molecule has 0 aliphatic carbocycles. The van der Waals surface area contributed by atoms with E-state index in [1.54, 1.807) is 0 Å². The van der Waals surface area contributed by atoms with Crippen molar-refractivity contribution in [2.24, 2.45) is 0 Å². The van der Waals surface area contributed by atoms with Gasteiger partial charge in [0.15, 0.2) is 0 Å². The molecule has 3 nitrogen and oxygen atoms in total. The Labute approximate surface area is 123 Å². The van der Waals surface area contributed by atoms with Crippen molar-refractivity contribution in [3.05, 3.63) is 29.8 Å². The number of benzene rings is 1. The van der Waals surface area contributed by atoms with Gasteiger partial charge in [0.25, 0.3) is 0 Å². The summed E-state index contributed by atoms with van der Waals surface area (Å²) in [7, 11) is 0. The molecule has 110 valence electrons. The summed E-state index contributed by atoms with van der Waals surface area (Å²) in [5, 5.41) is 3.65. The highest BCUT2D eigenvalue weighted by molar-refractivity contribution is 5.52. The minimum absolute atomic E-state index is 0.700. The van der Waals surface area contributed by atoms with Crippen LogP contribution in [0.5, 0.6) is 0 Å². The predicted molar refractivity (Wildman–Crippen MR) is 85.3 cm³/mol. The van der Waals surface area contributed by atoms with Crippen LogP contribution in [0.3, 0.4) is 0 Å². The van der Waals surface area contributed by atoms with E-state index in [1.807, 2.05) is 0 Å². The summed E-state index contributed by atoms with van der Waals surface area (Å²) >= 11 is 0. The second-order valence-corrected chi connectivity index (χ2v) is 6.11. The highest BCUT2D eigenvalue weighted by Crippen LogP contribution is 2.23. The Balaban J connectivity index is 1.55. The van der Waals surface area contributed by atoms with Gasteiger partial charge >= 0.3 is 0 Å². The van der Waals surface area contributed by atoms with Crippen LogP contribution in [-0.4, -0.2) is 55.1 Å². The van der Waals surface area contributed by atoms with E-state index in [0.29, 0.717) is 6.04 Å². The van der Waals surface area contributed by atoms with Crippen molar-refractivity contribution >= 4 is 5.69 Å². The zero-order valence-corrected chi connectivity index (χ0v) is 12.6. The molecule has 0 spiro atoms. The first-order chi connectivity index (χ1) is 9.86. The van der Waals surface area contributed by atoms with Crippen LogP contribution >= 0.6 is 0 Å². The molecule has 0 aromatic heterocycles. The molecule has 1 unspecified atom stereocenters. The van der Waals surface area contributed by atoms with E-state index in [-0.39, 0.29) is 0 Å². The van der Waals surface area contributed by atoms with Gasteiger partial charge in [0, 0.05) is 44.5 Å². The number of nitrogens with one attached hydrogen (secondary N) is 1. The van der Waals surface area contributed by atoms with E-state index in [1.165, 1.54) is 63.2 Å². The Kier molecular flexibility index (Phi) is 4.58. The molecule has 0 amide bonds. The van der Waals surface area contributed by atoms with Crippen molar-refractivity contribution in [1.29, 1.82) is 0 Å². The number of rotatable bonds is 3. The average Bonchev–Trinajstić information content (AvgIpc) is 2.71. The Morgan fingerprint density at radius 2 is 1.95 bits per heavy atom. The topological polar surface area (TPSA) is 18.5 Å². The summed E-state index contributed by atoms with van der Waals surface area (Å²) in [6.07, 6.45) is 3.78. The maximum Gasteiger partial charge on any atom is 0.0373 e. The van der Waals surface area contributed by atoms with E-state index in [2.05, 4.69) is 46.3 Å². The lowest BCUT2D eigenvalue weighted by Crippen LogP contribution is -2.52. The van der Waals surface area contributed by atoms with Gasteiger partial charge in [0.1, 0.15) is 0 Å². The van der Waals surface area contributed by atoms with E-state index >= 15 is 0 Å². The van der Waals surface area contributed by atoms with Crippen molar-refractivity contribution in [2.75, 3.05) is 44.6 Å². The number of piperazine rings is 1. The average molecular weight is 273 g/mol. The molecule has 1 atom stereocenters. The van der Waals surface area contributed by atoms with Crippen LogP contribution < -0.4 is 5.32 Å². The van der Waals surface area contributed by atoms with Crippen LogP contribution in [0, 0.1) is 0 Å². The van der Waals surface area contributed by atoms with Crippen molar-refractivity contribution < 1.29 is 0 Å². The van der Waals surface area contributed by atoms with Gasteiger partial charge in [-0.1, -0.05) is 25.1 Å². The molecule has 0 radical (unpaired) electrons. The van der Waals surface area contributed by atoms with Crippen LogP contribution in [-0.2, 0) is 6.42 Å². The monoisotopic (exact) mass is 273 g/mol. The highest BCUT2D eigenvalue weighted by atomic mass is 15.3. The summed E-state index contributed by atoms with van der Waals surface area (Å²) in [4.78, 5) is 5.31. The third kappa shape index (κ3) is 3.15. The molecule has 20 heavy (non-hydrogen) atoms. The summed E-state index contributed by atoms with van der Waals surface area (Å²) in [6.45, 7) is 9.62. The lowest BCUT2D eigenvalue weighted by Gasteiger charge is -2.39. The van der Waals surface area contributed by atoms with Crippen molar-refractivity contribution in [3.8, 4) is 0 Å². The lowest BCUT2D eigenvalue weighted by molar-refractivity contribution is 0.0973. The van der Waals surface area contributed by atoms with Gasteiger partial charge in [-0.25, -0.2) is 0 Å². The molecule has 3 rings (SSSR count). The summed E-state index contributed by atoms with van der Waals surface area (Å²) in [6, 6.07) is 9.48. The maximum atomic E-state index is 3.65. The van der Waals surface area contributed by atoms with Crippen LogP contribution in [0.1, 0.15) is 25.3 Å². The van der Waals surface area contributed by atoms with E-state index in [4.69, 9.17) is 0 Å². The summed E-state index contributed by atoms with van der Waals surface area (Å²) in [5.41, 5.74) is 2.83. The van der Waals surface area contributed by atoms with Crippen LogP contribution in [0.2, 0.25) is 0 Å². The first-order valence-electron chi connectivity index (χ1n) is 8.15.